The predicted octanol–water partition coefficient (Wildman–Crippen LogP) is 4.98. The molecule has 2 atom stereocenters. The summed E-state index contributed by atoms with van der Waals surface area (Å²) in [7, 11) is 0. The molecule has 26 heavy (non-hydrogen) atoms. The van der Waals surface area contributed by atoms with E-state index in [9.17, 15) is 0 Å². The zero-order chi connectivity index (χ0) is 18.2. The Balaban J connectivity index is 1.84. The minimum absolute atomic E-state index is 0.212. The molecule has 0 spiro atoms. The van der Waals surface area contributed by atoms with Gasteiger partial charge in [-0.3, -0.25) is 4.90 Å². The maximum atomic E-state index is 6.13. The summed E-state index contributed by atoms with van der Waals surface area (Å²) >= 11 is 0. The molecule has 2 aromatic carbocycles. The molecule has 2 unspecified atom stereocenters. The Kier molecular flexibility index (Phi) is 7.10. The van der Waals surface area contributed by atoms with Crippen LogP contribution in [0.3, 0.4) is 0 Å². The Bertz CT molecular complexity index is 623. The van der Waals surface area contributed by atoms with Crippen LogP contribution in [0.4, 0.5) is 5.69 Å². The average molecular weight is 353 g/mol. The molecule has 2 aromatic rings. The smallest absolute Gasteiger partial charge is 0.0691 e. The van der Waals surface area contributed by atoms with Crippen molar-refractivity contribution in [2.24, 2.45) is 5.92 Å². The molecule has 1 aliphatic heterocycles. The third kappa shape index (κ3) is 5.33. The minimum atomic E-state index is 0.212. The fraction of sp³-hybridized carbons (Fsp3) is 0.478. The number of para-hydroxylation sites is 1. The Labute approximate surface area is 158 Å². The summed E-state index contributed by atoms with van der Waals surface area (Å²) < 4.78 is 6.13. The zero-order valence-electron chi connectivity index (χ0n) is 16.1. The van der Waals surface area contributed by atoms with Gasteiger partial charge in [0.25, 0.3) is 0 Å². The molecule has 0 amide bonds. The van der Waals surface area contributed by atoms with Crippen LogP contribution in [-0.4, -0.2) is 37.2 Å². The van der Waals surface area contributed by atoms with Crippen LogP contribution in [0.15, 0.2) is 60.7 Å². The molecule has 0 bridgehead atoms. The first-order chi connectivity index (χ1) is 12.7. The Morgan fingerprint density at radius 2 is 1.50 bits per heavy atom. The summed E-state index contributed by atoms with van der Waals surface area (Å²) in [5, 5.41) is 3.79. The topological polar surface area (TPSA) is 24.5 Å². The predicted molar refractivity (Wildman–Crippen MR) is 109 cm³/mol. The van der Waals surface area contributed by atoms with Crippen molar-refractivity contribution >= 4 is 5.69 Å². The SMILES string of the molecule is CC(C)COCC(C(Nc1ccccc1)c1ccccc1)N1CCCC1. The third-order valence-electron chi connectivity index (χ3n) is 4.99. The van der Waals surface area contributed by atoms with Gasteiger partial charge in [0.1, 0.15) is 0 Å². The lowest BCUT2D eigenvalue weighted by molar-refractivity contribution is 0.0473. The molecule has 3 heteroatoms. The van der Waals surface area contributed by atoms with E-state index in [1.807, 2.05) is 0 Å². The molecule has 140 valence electrons. The highest BCUT2D eigenvalue weighted by atomic mass is 16.5. The van der Waals surface area contributed by atoms with Gasteiger partial charge < -0.3 is 10.1 Å². The van der Waals surface area contributed by atoms with Crippen molar-refractivity contribution in [1.82, 2.24) is 4.90 Å². The Morgan fingerprint density at radius 1 is 0.885 bits per heavy atom. The van der Waals surface area contributed by atoms with E-state index in [4.69, 9.17) is 4.74 Å². The van der Waals surface area contributed by atoms with E-state index in [1.54, 1.807) is 0 Å². The Morgan fingerprint density at radius 3 is 2.12 bits per heavy atom. The third-order valence-corrected chi connectivity index (χ3v) is 4.99. The number of rotatable bonds is 9. The van der Waals surface area contributed by atoms with Gasteiger partial charge in [-0.2, -0.15) is 0 Å². The van der Waals surface area contributed by atoms with Crippen molar-refractivity contribution in [3.63, 3.8) is 0 Å². The van der Waals surface area contributed by atoms with Crippen LogP contribution < -0.4 is 5.32 Å². The quantitative estimate of drug-likeness (QED) is 0.689. The van der Waals surface area contributed by atoms with Gasteiger partial charge >= 0.3 is 0 Å². The number of ether oxygens (including phenoxy) is 1. The molecule has 3 nitrogen and oxygen atoms in total. The van der Waals surface area contributed by atoms with E-state index < -0.39 is 0 Å². The Hall–Kier alpha value is -1.84. The largest absolute Gasteiger partial charge is 0.379 e. The lowest BCUT2D eigenvalue weighted by Gasteiger charge is -2.36. The number of hydrogen-bond donors (Lipinski definition) is 1. The van der Waals surface area contributed by atoms with E-state index in [1.165, 1.54) is 18.4 Å². The number of hydrogen-bond acceptors (Lipinski definition) is 3. The van der Waals surface area contributed by atoms with E-state index in [0.29, 0.717) is 12.0 Å². The first-order valence-electron chi connectivity index (χ1n) is 9.92. The second-order valence-corrected chi connectivity index (χ2v) is 7.64. The molecule has 0 radical (unpaired) electrons. The summed E-state index contributed by atoms with van der Waals surface area (Å²) in [4.78, 5) is 2.61. The van der Waals surface area contributed by atoms with Crippen molar-refractivity contribution in [3.05, 3.63) is 66.2 Å². The summed E-state index contributed by atoms with van der Waals surface area (Å²) in [6.45, 7) is 8.32. The number of nitrogens with one attached hydrogen (secondary N) is 1. The van der Waals surface area contributed by atoms with Gasteiger partial charge in [-0.1, -0.05) is 62.4 Å². The monoisotopic (exact) mass is 352 g/mol. The van der Waals surface area contributed by atoms with Gasteiger partial charge in [0.15, 0.2) is 0 Å². The van der Waals surface area contributed by atoms with Crippen molar-refractivity contribution < 1.29 is 4.74 Å². The van der Waals surface area contributed by atoms with Crippen LogP contribution >= 0.6 is 0 Å². The molecule has 1 saturated heterocycles. The van der Waals surface area contributed by atoms with Crippen molar-refractivity contribution in [1.29, 1.82) is 0 Å². The average Bonchev–Trinajstić information content (AvgIpc) is 3.19. The molecular formula is C23H32N2O. The van der Waals surface area contributed by atoms with Gasteiger partial charge in [0.05, 0.1) is 18.7 Å². The summed E-state index contributed by atoms with van der Waals surface area (Å²) in [6.07, 6.45) is 2.57. The minimum Gasteiger partial charge on any atom is -0.379 e. The van der Waals surface area contributed by atoms with Crippen LogP contribution in [-0.2, 0) is 4.74 Å². The molecular weight excluding hydrogens is 320 g/mol. The lowest BCUT2D eigenvalue weighted by atomic mass is 9.98. The van der Waals surface area contributed by atoms with E-state index >= 15 is 0 Å². The standard InChI is InChI=1S/C23H32N2O/c1-19(2)17-26-18-22(25-15-9-10-16-25)23(20-11-5-3-6-12-20)24-21-13-7-4-8-14-21/h3-8,11-14,19,22-24H,9-10,15-18H2,1-2H3. The van der Waals surface area contributed by atoms with E-state index in [0.717, 1.165) is 32.0 Å². The highest BCUT2D eigenvalue weighted by molar-refractivity contribution is 5.46. The maximum absolute atomic E-state index is 6.13. The first kappa shape index (κ1) is 18.9. The molecule has 1 heterocycles. The number of benzene rings is 2. The zero-order valence-corrected chi connectivity index (χ0v) is 16.1. The molecule has 0 aliphatic carbocycles. The molecule has 0 aromatic heterocycles. The summed E-state index contributed by atoms with van der Waals surface area (Å²) in [5.41, 5.74) is 2.48. The van der Waals surface area contributed by atoms with Crippen molar-refractivity contribution in [2.75, 3.05) is 31.6 Å². The molecule has 3 rings (SSSR count). The van der Waals surface area contributed by atoms with Crippen molar-refractivity contribution in [2.45, 2.75) is 38.8 Å². The van der Waals surface area contributed by atoms with Crippen LogP contribution in [0.25, 0.3) is 0 Å². The maximum Gasteiger partial charge on any atom is 0.0691 e. The number of nitrogens with zero attached hydrogens (tertiary/aromatic N) is 1. The molecule has 0 saturated carbocycles. The fourth-order valence-electron chi connectivity index (χ4n) is 3.69. The summed E-state index contributed by atoms with van der Waals surface area (Å²) in [6, 6.07) is 21.9. The second kappa shape index (κ2) is 9.75. The number of anilines is 1. The molecule has 1 fully saturated rings. The van der Waals surface area contributed by atoms with Gasteiger partial charge in [0, 0.05) is 12.3 Å². The van der Waals surface area contributed by atoms with Crippen LogP contribution in [0.5, 0.6) is 0 Å². The lowest BCUT2D eigenvalue weighted by Crippen LogP contribution is -2.44. The fourth-order valence-corrected chi connectivity index (χ4v) is 3.69. The van der Waals surface area contributed by atoms with Crippen molar-refractivity contribution in [3.8, 4) is 0 Å². The molecule has 1 N–H and O–H groups in total. The van der Waals surface area contributed by atoms with Gasteiger partial charge in [-0.15, -0.1) is 0 Å². The van der Waals surface area contributed by atoms with Crippen LogP contribution in [0.2, 0.25) is 0 Å². The molecule has 1 aliphatic rings. The van der Waals surface area contributed by atoms with Gasteiger partial charge in [-0.05, 0) is 49.5 Å². The second-order valence-electron chi connectivity index (χ2n) is 7.64. The summed E-state index contributed by atoms with van der Waals surface area (Å²) in [5.74, 6) is 0.562. The van der Waals surface area contributed by atoms with E-state index in [-0.39, 0.29) is 6.04 Å². The highest BCUT2D eigenvalue weighted by Crippen LogP contribution is 2.28. The van der Waals surface area contributed by atoms with Gasteiger partial charge in [0.2, 0.25) is 0 Å². The van der Waals surface area contributed by atoms with Gasteiger partial charge in [-0.25, -0.2) is 0 Å². The van der Waals surface area contributed by atoms with Crippen LogP contribution in [0, 0.1) is 5.92 Å². The first-order valence-corrected chi connectivity index (χ1v) is 9.92. The highest BCUT2D eigenvalue weighted by Gasteiger charge is 2.31. The normalized spacial score (nSPS) is 17.3. The number of likely N-dealkylation sites (tertiary alicyclic amines) is 1. The van der Waals surface area contributed by atoms with Crippen LogP contribution in [0.1, 0.15) is 38.3 Å². The van der Waals surface area contributed by atoms with E-state index in [2.05, 4.69) is 84.7 Å².